The molecular weight excluding hydrogens is 142 g/mol. The second-order valence-electron chi connectivity index (χ2n) is 2.27. The van der Waals surface area contributed by atoms with E-state index in [0.29, 0.717) is 6.54 Å². The molecule has 0 bridgehead atoms. The fourth-order valence-corrected chi connectivity index (χ4v) is 0.994. The molecule has 0 aliphatic carbocycles. The van der Waals surface area contributed by atoms with Crippen LogP contribution in [0.2, 0.25) is 0 Å². The quantitative estimate of drug-likeness (QED) is 0.635. The lowest BCUT2D eigenvalue weighted by Gasteiger charge is -2.04. The first-order chi connectivity index (χ1) is 5.40. The van der Waals surface area contributed by atoms with Gasteiger partial charge in [0.15, 0.2) is 11.5 Å². The molecule has 1 atom stereocenters. The Labute approximate surface area is 64.7 Å². The fraction of sp³-hybridized carbons (Fsp3) is 0.250. The molecule has 1 aliphatic rings. The molecule has 1 aromatic carbocycles. The molecule has 1 aromatic rings. The molecule has 0 fully saturated rings. The summed E-state index contributed by atoms with van der Waals surface area (Å²) in [5.41, 5.74) is 5.35. The Morgan fingerprint density at radius 2 is 2.27 bits per heavy atom. The Morgan fingerprint density at radius 1 is 1.45 bits per heavy atom. The Hall–Kier alpha value is -1.22. The molecule has 1 heterocycles. The van der Waals surface area contributed by atoms with Crippen LogP contribution >= 0.6 is 0 Å². The van der Waals surface area contributed by atoms with Crippen LogP contribution in [0.3, 0.4) is 0 Å². The van der Waals surface area contributed by atoms with E-state index < -0.39 is 0 Å². The molecule has 57 valence electrons. The van der Waals surface area contributed by atoms with E-state index in [0.717, 1.165) is 11.5 Å². The summed E-state index contributed by atoms with van der Waals surface area (Å²) >= 11 is 0. The van der Waals surface area contributed by atoms with Crippen molar-refractivity contribution in [2.75, 3.05) is 6.54 Å². The molecule has 3 heteroatoms. The third kappa shape index (κ3) is 1.03. The predicted octanol–water partition coefficient (Wildman–Crippen LogP) is 0.543. The summed E-state index contributed by atoms with van der Waals surface area (Å²) in [6.07, 6.45) is -0.319. The second kappa shape index (κ2) is 2.43. The molecule has 2 rings (SSSR count). The topological polar surface area (TPSA) is 44.5 Å². The van der Waals surface area contributed by atoms with E-state index >= 15 is 0 Å². The minimum atomic E-state index is -0.319. The van der Waals surface area contributed by atoms with E-state index in [4.69, 9.17) is 15.2 Å². The fourth-order valence-electron chi connectivity index (χ4n) is 0.994. The summed E-state index contributed by atoms with van der Waals surface area (Å²) in [5, 5.41) is 0. The van der Waals surface area contributed by atoms with Crippen molar-refractivity contribution in [2.45, 2.75) is 6.29 Å². The van der Waals surface area contributed by atoms with Gasteiger partial charge in [0.1, 0.15) is 0 Å². The van der Waals surface area contributed by atoms with Crippen molar-refractivity contribution in [3.05, 3.63) is 24.3 Å². The average Bonchev–Trinajstić information content (AvgIpc) is 2.46. The van der Waals surface area contributed by atoms with Crippen LogP contribution < -0.4 is 15.2 Å². The van der Waals surface area contributed by atoms with Crippen molar-refractivity contribution in [1.82, 2.24) is 0 Å². The highest BCUT2D eigenvalue weighted by atomic mass is 16.7. The standard InChI is InChI=1S/C8H8NO2/c9-5-8-10-6-3-1-2-4-7(6)11-8/h1,3-4,8H,5,9H2. The third-order valence-corrected chi connectivity index (χ3v) is 1.50. The van der Waals surface area contributed by atoms with Crippen molar-refractivity contribution in [3.8, 4) is 11.5 Å². The monoisotopic (exact) mass is 150 g/mol. The van der Waals surface area contributed by atoms with Gasteiger partial charge in [-0.1, -0.05) is 6.07 Å². The summed E-state index contributed by atoms with van der Waals surface area (Å²) in [6.45, 7) is 0.370. The first kappa shape index (κ1) is 6.49. The van der Waals surface area contributed by atoms with Gasteiger partial charge in [0.25, 0.3) is 6.29 Å². The van der Waals surface area contributed by atoms with Crippen LogP contribution in [0.15, 0.2) is 18.2 Å². The van der Waals surface area contributed by atoms with Crippen molar-refractivity contribution in [2.24, 2.45) is 5.73 Å². The maximum atomic E-state index is 5.35. The maximum absolute atomic E-state index is 5.35. The van der Waals surface area contributed by atoms with Gasteiger partial charge >= 0.3 is 0 Å². The van der Waals surface area contributed by atoms with Crippen LogP contribution in [-0.4, -0.2) is 12.8 Å². The first-order valence-corrected chi connectivity index (χ1v) is 3.43. The van der Waals surface area contributed by atoms with Crippen LogP contribution in [0.25, 0.3) is 0 Å². The lowest BCUT2D eigenvalue weighted by molar-refractivity contribution is 0.0580. The molecule has 0 amide bonds. The van der Waals surface area contributed by atoms with Crippen molar-refractivity contribution < 1.29 is 9.47 Å². The van der Waals surface area contributed by atoms with Gasteiger partial charge < -0.3 is 15.2 Å². The number of benzene rings is 1. The van der Waals surface area contributed by atoms with Gasteiger partial charge in [-0.15, -0.1) is 0 Å². The van der Waals surface area contributed by atoms with Gasteiger partial charge in [0, 0.05) is 0 Å². The van der Waals surface area contributed by atoms with Crippen LogP contribution in [0, 0.1) is 6.07 Å². The molecule has 3 nitrogen and oxygen atoms in total. The number of hydrogen-bond acceptors (Lipinski definition) is 3. The van der Waals surface area contributed by atoms with Crippen molar-refractivity contribution >= 4 is 0 Å². The highest BCUT2D eigenvalue weighted by molar-refractivity contribution is 5.41. The first-order valence-electron chi connectivity index (χ1n) is 3.43. The second-order valence-corrected chi connectivity index (χ2v) is 2.27. The number of ether oxygens (including phenoxy) is 2. The minimum absolute atomic E-state index is 0.319. The molecule has 0 aromatic heterocycles. The van der Waals surface area contributed by atoms with Crippen molar-refractivity contribution in [1.29, 1.82) is 0 Å². The molecule has 1 unspecified atom stereocenters. The highest BCUT2D eigenvalue weighted by Gasteiger charge is 2.21. The van der Waals surface area contributed by atoms with Gasteiger partial charge in [-0.2, -0.15) is 0 Å². The molecule has 11 heavy (non-hydrogen) atoms. The van der Waals surface area contributed by atoms with Crippen LogP contribution in [0.1, 0.15) is 0 Å². The molecular formula is C8H8NO2. The van der Waals surface area contributed by atoms with Gasteiger partial charge in [-0.05, 0) is 18.2 Å². The largest absolute Gasteiger partial charge is 0.450 e. The normalized spacial score (nSPS) is 15.4. The predicted molar refractivity (Wildman–Crippen MR) is 39.4 cm³/mol. The van der Waals surface area contributed by atoms with Crippen LogP contribution in [0.5, 0.6) is 11.5 Å². The van der Waals surface area contributed by atoms with Gasteiger partial charge in [0.05, 0.1) is 6.54 Å². The highest BCUT2D eigenvalue weighted by Crippen LogP contribution is 2.33. The van der Waals surface area contributed by atoms with E-state index in [9.17, 15) is 0 Å². The van der Waals surface area contributed by atoms with E-state index in [1.807, 2.05) is 6.07 Å². The molecule has 0 spiro atoms. The summed E-state index contributed by atoms with van der Waals surface area (Å²) in [6, 6.07) is 8.22. The summed E-state index contributed by atoms with van der Waals surface area (Å²) in [4.78, 5) is 0. The minimum Gasteiger partial charge on any atom is -0.450 e. The van der Waals surface area contributed by atoms with Gasteiger partial charge in [-0.3, -0.25) is 0 Å². The molecule has 0 saturated heterocycles. The zero-order valence-electron chi connectivity index (χ0n) is 5.91. The Balaban J connectivity index is 2.27. The third-order valence-electron chi connectivity index (χ3n) is 1.50. The Morgan fingerprint density at radius 3 is 3.00 bits per heavy atom. The number of rotatable bonds is 1. The zero-order valence-corrected chi connectivity index (χ0v) is 5.91. The van der Waals surface area contributed by atoms with Crippen LogP contribution in [0.4, 0.5) is 0 Å². The van der Waals surface area contributed by atoms with Gasteiger partial charge in [-0.25, -0.2) is 0 Å². The summed E-state index contributed by atoms with van der Waals surface area (Å²) in [7, 11) is 0. The smallest absolute Gasteiger partial charge is 0.253 e. The Bertz CT molecular complexity index is 237. The van der Waals surface area contributed by atoms with E-state index in [1.165, 1.54) is 0 Å². The Kier molecular flexibility index (Phi) is 1.43. The summed E-state index contributed by atoms with van der Waals surface area (Å²) < 4.78 is 10.6. The maximum Gasteiger partial charge on any atom is 0.253 e. The van der Waals surface area contributed by atoms with E-state index in [-0.39, 0.29) is 6.29 Å². The van der Waals surface area contributed by atoms with E-state index in [2.05, 4.69) is 6.07 Å². The zero-order chi connectivity index (χ0) is 7.68. The summed E-state index contributed by atoms with van der Waals surface area (Å²) in [5.74, 6) is 1.47. The van der Waals surface area contributed by atoms with E-state index in [1.54, 1.807) is 12.1 Å². The number of fused-ring (bicyclic) bond motifs is 1. The lowest BCUT2D eigenvalue weighted by Crippen LogP contribution is -2.27. The SMILES string of the molecule is NCC1Oc2c[c]ccc2O1. The lowest BCUT2D eigenvalue weighted by atomic mass is 10.3. The molecule has 2 N–H and O–H groups in total. The van der Waals surface area contributed by atoms with Gasteiger partial charge in [0.2, 0.25) is 0 Å². The van der Waals surface area contributed by atoms with Crippen LogP contribution in [-0.2, 0) is 0 Å². The molecule has 1 aliphatic heterocycles. The van der Waals surface area contributed by atoms with Crippen molar-refractivity contribution in [3.63, 3.8) is 0 Å². The number of hydrogen-bond donors (Lipinski definition) is 1. The number of nitrogens with two attached hydrogens (primary N) is 1. The average molecular weight is 150 g/mol. The molecule has 1 radical (unpaired) electrons. The molecule has 0 saturated carbocycles.